The van der Waals surface area contributed by atoms with Crippen LogP contribution in [-0.2, 0) is 4.79 Å². The number of hydrogen-bond acceptors (Lipinski definition) is 3. The van der Waals surface area contributed by atoms with Gasteiger partial charge in [0.15, 0.2) is 0 Å². The molecule has 3 nitrogen and oxygen atoms in total. The van der Waals surface area contributed by atoms with Crippen molar-refractivity contribution in [3.8, 4) is 0 Å². The second-order valence-electron chi connectivity index (χ2n) is 4.08. The van der Waals surface area contributed by atoms with Crippen molar-refractivity contribution in [2.24, 2.45) is 0 Å². The van der Waals surface area contributed by atoms with Gasteiger partial charge in [0.05, 0.1) is 5.25 Å². The Morgan fingerprint density at radius 2 is 2.00 bits per heavy atom. The molecule has 1 heterocycles. The summed E-state index contributed by atoms with van der Waals surface area (Å²) < 4.78 is 0. The topological polar surface area (TPSA) is 46.2 Å². The molecular formula is C13H15NO2S. The standard InChI is InChI=1S/C13H15NO2S/c15-9-10-4-6-11(7-5-10)17-12-3-1-2-8-14-13(12)16/h4-7,9,12H,1-3,8H2,(H,14,16). The van der Waals surface area contributed by atoms with Gasteiger partial charge < -0.3 is 5.32 Å². The van der Waals surface area contributed by atoms with E-state index in [9.17, 15) is 9.59 Å². The molecule has 1 aromatic carbocycles. The molecule has 1 unspecified atom stereocenters. The minimum Gasteiger partial charge on any atom is -0.355 e. The number of hydrogen-bond donors (Lipinski definition) is 1. The van der Waals surface area contributed by atoms with Crippen LogP contribution in [-0.4, -0.2) is 24.0 Å². The fraction of sp³-hybridized carbons (Fsp3) is 0.385. The van der Waals surface area contributed by atoms with Gasteiger partial charge in [-0.1, -0.05) is 18.6 Å². The molecular weight excluding hydrogens is 234 g/mol. The number of nitrogens with one attached hydrogen (secondary N) is 1. The smallest absolute Gasteiger partial charge is 0.233 e. The Morgan fingerprint density at radius 3 is 2.71 bits per heavy atom. The average Bonchev–Trinajstić information content (AvgIpc) is 2.56. The van der Waals surface area contributed by atoms with Gasteiger partial charge in [0.1, 0.15) is 6.29 Å². The fourth-order valence-electron chi connectivity index (χ4n) is 1.81. The summed E-state index contributed by atoms with van der Waals surface area (Å²) in [6, 6.07) is 7.35. The number of carbonyl (C=O) groups excluding carboxylic acids is 2. The van der Waals surface area contributed by atoms with Gasteiger partial charge >= 0.3 is 0 Å². The second-order valence-corrected chi connectivity index (χ2v) is 5.36. The van der Waals surface area contributed by atoms with E-state index >= 15 is 0 Å². The van der Waals surface area contributed by atoms with Crippen molar-refractivity contribution < 1.29 is 9.59 Å². The number of thioether (sulfide) groups is 1. The Morgan fingerprint density at radius 1 is 1.24 bits per heavy atom. The van der Waals surface area contributed by atoms with E-state index in [-0.39, 0.29) is 11.2 Å². The fourth-order valence-corrected chi connectivity index (χ4v) is 2.91. The van der Waals surface area contributed by atoms with Crippen molar-refractivity contribution in [2.45, 2.75) is 29.4 Å². The summed E-state index contributed by atoms with van der Waals surface area (Å²) in [4.78, 5) is 23.3. The maximum Gasteiger partial charge on any atom is 0.233 e. The molecule has 1 amide bonds. The molecule has 0 saturated carbocycles. The number of rotatable bonds is 3. The minimum atomic E-state index is -0.000388. The molecule has 1 N–H and O–H groups in total. The lowest BCUT2D eigenvalue weighted by atomic mass is 10.2. The molecule has 2 rings (SSSR count). The lowest BCUT2D eigenvalue weighted by Gasteiger charge is -2.12. The molecule has 4 heteroatoms. The third-order valence-electron chi connectivity index (χ3n) is 2.78. The number of carbonyl (C=O) groups is 2. The van der Waals surface area contributed by atoms with Crippen molar-refractivity contribution in [2.75, 3.05) is 6.54 Å². The summed E-state index contributed by atoms with van der Waals surface area (Å²) in [6.45, 7) is 0.792. The van der Waals surface area contributed by atoms with Crippen LogP contribution in [0.1, 0.15) is 29.6 Å². The van der Waals surface area contributed by atoms with Crippen LogP contribution in [0.2, 0.25) is 0 Å². The average molecular weight is 249 g/mol. The summed E-state index contributed by atoms with van der Waals surface area (Å²) >= 11 is 1.58. The maximum absolute atomic E-state index is 11.8. The van der Waals surface area contributed by atoms with E-state index in [4.69, 9.17) is 0 Å². The van der Waals surface area contributed by atoms with Crippen LogP contribution in [0.25, 0.3) is 0 Å². The van der Waals surface area contributed by atoms with Gasteiger partial charge in [0.2, 0.25) is 5.91 Å². The quantitative estimate of drug-likeness (QED) is 0.836. The first-order valence-electron chi connectivity index (χ1n) is 5.79. The van der Waals surface area contributed by atoms with Gasteiger partial charge in [-0.3, -0.25) is 9.59 Å². The van der Waals surface area contributed by atoms with Gasteiger partial charge in [-0.05, 0) is 25.0 Å². The van der Waals surface area contributed by atoms with E-state index in [1.54, 1.807) is 23.9 Å². The van der Waals surface area contributed by atoms with Crippen molar-refractivity contribution in [3.63, 3.8) is 0 Å². The predicted molar refractivity (Wildman–Crippen MR) is 68.3 cm³/mol. The van der Waals surface area contributed by atoms with Crippen LogP contribution in [0, 0.1) is 0 Å². The number of amides is 1. The van der Waals surface area contributed by atoms with E-state index in [1.165, 1.54) is 0 Å². The van der Waals surface area contributed by atoms with Crippen LogP contribution >= 0.6 is 11.8 Å². The normalized spacial score (nSPS) is 20.5. The molecule has 1 saturated heterocycles. The van der Waals surface area contributed by atoms with E-state index in [0.29, 0.717) is 5.56 Å². The summed E-state index contributed by atoms with van der Waals surface area (Å²) in [5.41, 5.74) is 0.666. The molecule has 1 fully saturated rings. The number of benzene rings is 1. The van der Waals surface area contributed by atoms with Crippen LogP contribution in [0.5, 0.6) is 0 Å². The third kappa shape index (κ3) is 3.33. The van der Waals surface area contributed by atoms with E-state index in [1.807, 2.05) is 12.1 Å². The Balaban J connectivity index is 2.02. The largest absolute Gasteiger partial charge is 0.355 e. The minimum absolute atomic E-state index is 0.000388. The summed E-state index contributed by atoms with van der Waals surface area (Å²) in [5, 5.41) is 2.92. The van der Waals surface area contributed by atoms with Gasteiger partial charge in [0.25, 0.3) is 0 Å². The lowest BCUT2D eigenvalue weighted by molar-refractivity contribution is -0.120. The zero-order valence-corrected chi connectivity index (χ0v) is 10.3. The number of aldehydes is 1. The molecule has 1 aliphatic rings. The SMILES string of the molecule is O=Cc1ccc(SC2CCCCNC2=O)cc1. The van der Waals surface area contributed by atoms with E-state index < -0.39 is 0 Å². The Hall–Kier alpha value is -1.29. The Bertz CT molecular complexity index is 402. The monoisotopic (exact) mass is 249 g/mol. The lowest BCUT2D eigenvalue weighted by Crippen LogP contribution is -2.30. The molecule has 0 spiro atoms. The van der Waals surface area contributed by atoms with Crippen molar-refractivity contribution >= 4 is 24.0 Å². The highest BCUT2D eigenvalue weighted by Crippen LogP contribution is 2.28. The van der Waals surface area contributed by atoms with Gasteiger partial charge in [-0.25, -0.2) is 0 Å². The summed E-state index contributed by atoms with van der Waals surface area (Å²) in [5.74, 6) is 0.131. The molecule has 0 bridgehead atoms. The molecule has 0 aliphatic carbocycles. The first-order chi connectivity index (χ1) is 8.29. The first kappa shape index (κ1) is 12.2. The van der Waals surface area contributed by atoms with Gasteiger partial charge in [0, 0.05) is 17.0 Å². The van der Waals surface area contributed by atoms with Gasteiger partial charge in [-0.15, -0.1) is 11.8 Å². The van der Waals surface area contributed by atoms with Crippen molar-refractivity contribution in [1.82, 2.24) is 5.32 Å². The highest BCUT2D eigenvalue weighted by atomic mass is 32.2. The van der Waals surface area contributed by atoms with Crippen molar-refractivity contribution in [1.29, 1.82) is 0 Å². The highest BCUT2D eigenvalue weighted by Gasteiger charge is 2.21. The molecule has 0 aromatic heterocycles. The molecule has 17 heavy (non-hydrogen) atoms. The van der Waals surface area contributed by atoms with Crippen LogP contribution < -0.4 is 5.32 Å². The molecule has 1 aliphatic heterocycles. The zero-order valence-electron chi connectivity index (χ0n) is 9.52. The maximum atomic E-state index is 11.8. The van der Waals surface area contributed by atoms with Crippen LogP contribution in [0.4, 0.5) is 0 Å². The van der Waals surface area contributed by atoms with Crippen LogP contribution in [0.15, 0.2) is 29.2 Å². The predicted octanol–water partition coefficient (Wildman–Crippen LogP) is 2.26. The third-order valence-corrected chi connectivity index (χ3v) is 4.06. The summed E-state index contributed by atoms with van der Waals surface area (Å²) in [6.07, 6.45) is 3.90. The first-order valence-corrected chi connectivity index (χ1v) is 6.67. The van der Waals surface area contributed by atoms with E-state index in [2.05, 4.69) is 5.32 Å². The second kappa shape index (κ2) is 5.87. The molecule has 1 aromatic rings. The van der Waals surface area contributed by atoms with Gasteiger partial charge in [-0.2, -0.15) is 0 Å². The van der Waals surface area contributed by atoms with Crippen molar-refractivity contribution in [3.05, 3.63) is 29.8 Å². The van der Waals surface area contributed by atoms with E-state index in [0.717, 1.165) is 37.0 Å². The molecule has 1 atom stereocenters. The molecule has 90 valence electrons. The van der Waals surface area contributed by atoms with Crippen LogP contribution in [0.3, 0.4) is 0 Å². The molecule has 0 radical (unpaired) electrons. The highest BCUT2D eigenvalue weighted by molar-refractivity contribution is 8.00. The Kier molecular flexibility index (Phi) is 4.20. The zero-order chi connectivity index (χ0) is 12.1. The summed E-state index contributed by atoms with van der Waals surface area (Å²) in [7, 11) is 0. The Labute approximate surface area is 105 Å².